The predicted octanol–water partition coefficient (Wildman–Crippen LogP) is 2.64. The number of rotatable bonds is 5. The third kappa shape index (κ3) is 3.32. The molecule has 0 amide bonds. The Bertz CT molecular complexity index is 463. The van der Waals surface area contributed by atoms with Gasteiger partial charge in [-0.3, -0.25) is 4.79 Å². The van der Waals surface area contributed by atoms with Crippen LogP contribution in [0.3, 0.4) is 0 Å². The third-order valence-electron chi connectivity index (χ3n) is 2.21. The zero-order chi connectivity index (χ0) is 12.2. The van der Waals surface area contributed by atoms with Crippen LogP contribution in [0.4, 0.5) is 0 Å². The van der Waals surface area contributed by atoms with Crippen molar-refractivity contribution in [3.63, 3.8) is 0 Å². The van der Waals surface area contributed by atoms with Crippen LogP contribution in [0.1, 0.15) is 30.1 Å². The molecule has 0 heterocycles. The van der Waals surface area contributed by atoms with Crippen molar-refractivity contribution in [1.29, 1.82) is 0 Å². The van der Waals surface area contributed by atoms with Crippen LogP contribution in [-0.4, -0.2) is 19.4 Å². The molecule has 0 aliphatic rings. The van der Waals surface area contributed by atoms with Gasteiger partial charge in [-0.2, -0.15) is 0 Å². The highest BCUT2D eigenvalue weighted by atomic mass is 35.5. The minimum Gasteiger partial charge on any atom is -0.276 e. The second-order valence-electron chi connectivity index (χ2n) is 3.47. The molecule has 1 aromatic carbocycles. The standard InChI is InChI=1S/C11H13ClO3S/c1-2-3-8-16(14,15)10-6-4-9(5-7-10)11(12)13/h4-7H,2-3,8H2,1H3. The first-order valence-corrected chi connectivity index (χ1v) is 7.03. The summed E-state index contributed by atoms with van der Waals surface area (Å²) >= 11 is 5.27. The number of hydrogen-bond acceptors (Lipinski definition) is 3. The van der Waals surface area contributed by atoms with E-state index in [0.29, 0.717) is 12.0 Å². The molecule has 16 heavy (non-hydrogen) atoms. The number of halogens is 1. The molecular weight excluding hydrogens is 248 g/mol. The maximum absolute atomic E-state index is 11.8. The lowest BCUT2D eigenvalue weighted by Gasteiger charge is -2.03. The lowest BCUT2D eigenvalue weighted by molar-refractivity contribution is 0.108. The first-order valence-electron chi connectivity index (χ1n) is 5.00. The van der Waals surface area contributed by atoms with Gasteiger partial charge >= 0.3 is 0 Å². The highest BCUT2D eigenvalue weighted by Gasteiger charge is 2.13. The summed E-state index contributed by atoms with van der Waals surface area (Å²) < 4.78 is 23.5. The second kappa shape index (κ2) is 5.46. The van der Waals surface area contributed by atoms with E-state index < -0.39 is 15.1 Å². The zero-order valence-electron chi connectivity index (χ0n) is 8.94. The van der Waals surface area contributed by atoms with E-state index in [-0.39, 0.29) is 10.6 Å². The normalized spacial score (nSPS) is 11.4. The van der Waals surface area contributed by atoms with E-state index in [1.165, 1.54) is 24.3 Å². The lowest BCUT2D eigenvalue weighted by atomic mass is 10.2. The van der Waals surface area contributed by atoms with Gasteiger partial charge in [0.1, 0.15) is 0 Å². The quantitative estimate of drug-likeness (QED) is 0.765. The Kier molecular flexibility index (Phi) is 4.50. The van der Waals surface area contributed by atoms with Crippen molar-refractivity contribution in [2.45, 2.75) is 24.7 Å². The van der Waals surface area contributed by atoms with Crippen molar-refractivity contribution in [2.75, 3.05) is 5.75 Å². The number of unbranched alkanes of at least 4 members (excludes halogenated alkanes) is 1. The van der Waals surface area contributed by atoms with Gasteiger partial charge in [0.05, 0.1) is 10.6 Å². The topological polar surface area (TPSA) is 51.2 Å². The molecule has 1 aromatic rings. The highest BCUT2D eigenvalue weighted by molar-refractivity contribution is 7.91. The van der Waals surface area contributed by atoms with Gasteiger partial charge in [0.2, 0.25) is 0 Å². The summed E-state index contributed by atoms with van der Waals surface area (Å²) in [5.74, 6) is 0.137. The molecular formula is C11H13ClO3S. The second-order valence-corrected chi connectivity index (χ2v) is 5.92. The average molecular weight is 261 g/mol. The van der Waals surface area contributed by atoms with E-state index in [2.05, 4.69) is 0 Å². The average Bonchev–Trinajstić information content (AvgIpc) is 2.26. The first kappa shape index (κ1) is 13.2. The van der Waals surface area contributed by atoms with Crippen molar-refractivity contribution in [3.05, 3.63) is 29.8 Å². The Labute approximate surface area is 100 Å². The van der Waals surface area contributed by atoms with Crippen LogP contribution in [0, 0.1) is 0 Å². The van der Waals surface area contributed by atoms with Crippen LogP contribution in [-0.2, 0) is 9.84 Å². The van der Waals surface area contributed by atoms with Crippen molar-refractivity contribution in [1.82, 2.24) is 0 Å². The molecule has 3 nitrogen and oxygen atoms in total. The van der Waals surface area contributed by atoms with Crippen LogP contribution in [0.2, 0.25) is 0 Å². The molecule has 0 bridgehead atoms. The molecule has 0 aliphatic heterocycles. The van der Waals surface area contributed by atoms with Crippen LogP contribution in [0.25, 0.3) is 0 Å². The maximum atomic E-state index is 11.8. The molecule has 0 unspecified atom stereocenters. The molecule has 5 heteroatoms. The van der Waals surface area contributed by atoms with Gasteiger partial charge in [-0.1, -0.05) is 13.3 Å². The SMILES string of the molecule is CCCCS(=O)(=O)c1ccc(C(=O)Cl)cc1. The Morgan fingerprint density at radius 2 is 1.81 bits per heavy atom. The molecule has 0 aliphatic carbocycles. The predicted molar refractivity (Wildman–Crippen MR) is 63.6 cm³/mol. The highest BCUT2D eigenvalue weighted by Crippen LogP contribution is 2.14. The van der Waals surface area contributed by atoms with Crippen LogP contribution < -0.4 is 0 Å². The monoisotopic (exact) mass is 260 g/mol. The van der Waals surface area contributed by atoms with Gasteiger partial charge in [0.25, 0.3) is 5.24 Å². The van der Waals surface area contributed by atoms with Gasteiger partial charge in [0, 0.05) is 5.56 Å². The van der Waals surface area contributed by atoms with E-state index in [9.17, 15) is 13.2 Å². The van der Waals surface area contributed by atoms with Crippen molar-refractivity contribution >= 4 is 26.7 Å². The van der Waals surface area contributed by atoms with Gasteiger partial charge in [-0.25, -0.2) is 8.42 Å². The Morgan fingerprint density at radius 1 is 1.25 bits per heavy atom. The van der Waals surface area contributed by atoms with Crippen LogP contribution >= 0.6 is 11.6 Å². The fourth-order valence-electron chi connectivity index (χ4n) is 1.25. The zero-order valence-corrected chi connectivity index (χ0v) is 10.5. The number of hydrogen-bond donors (Lipinski definition) is 0. The smallest absolute Gasteiger partial charge is 0.252 e. The van der Waals surface area contributed by atoms with Gasteiger partial charge in [-0.05, 0) is 42.3 Å². The van der Waals surface area contributed by atoms with Crippen molar-refractivity contribution in [2.24, 2.45) is 0 Å². The number of carbonyl (C=O) groups is 1. The molecule has 1 rings (SSSR count). The fraction of sp³-hybridized carbons (Fsp3) is 0.364. The summed E-state index contributed by atoms with van der Waals surface area (Å²) in [5, 5.41) is -0.586. The fourth-order valence-corrected chi connectivity index (χ4v) is 2.83. The Morgan fingerprint density at radius 3 is 2.25 bits per heavy atom. The van der Waals surface area contributed by atoms with Gasteiger partial charge in [-0.15, -0.1) is 0 Å². The largest absolute Gasteiger partial charge is 0.276 e. The molecule has 88 valence electrons. The minimum absolute atomic E-state index is 0.137. The molecule has 0 aromatic heterocycles. The number of carbonyl (C=O) groups excluding carboxylic acids is 1. The summed E-state index contributed by atoms with van der Waals surface area (Å²) in [7, 11) is -3.22. The first-order chi connectivity index (χ1) is 7.47. The molecule has 0 saturated carbocycles. The van der Waals surface area contributed by atoms with Crippen molar-refractivity contribution < 1.29 is 13.2 Å². The summed E-state index contributed by atoms with van der Waals surface area (Å²) in [6.45, 7) is 1.94. The molecule has 0 spiro atoms. The molecule has 0 N–H and O–H groups in total. The third-order valence-corrected chi connectivity index (χ3v) is 4.24. The Hall–Kier alpha value is -0.870. The van der Waals surface area contributed by atoms with Crippen LogP contribution in [0.5, 0.6) is 0 Å². The number of sulfone groups is 1. The summed E-state index contributed by atoms with van der Waals surface area (Å²) in [6, 6.07) is 5.68. The van der Waals surface area contributed by atoms with E-state index >= 15 is 0 Å². The van der Waals surface area contributed by atoms with Gasteiger partial charge < -0.3 is 0 Å². The lowest BCUT2D eigenvalue weighted by Crippen LogP contribution is -2.06. The van der Waals surface area contributed by atoms with E-state index in [1.54, 1.807) is 0 Å². The molecule has 0 radical (unpaired) electrons. The maximum Gasteiger partial charge on any atom is 0.252 e. The van der Waals surface area contributed by atoms with Crippen molar-refractivity contribution in [3.8, 4) is 0 Å². The molecule has 0 atom stereocenters. The summed E-state index contributed by atoms with van der Waals surface area (Å²) in [6.07, 6.45) is 1.47. The Balaban J connectivity index is 2.93. The van der Waals surface area contributed by atoms with E-state index in [1.807, 2.05) is 6.92 Å². The van der Waals surface area contributed by atoms with Crippen LogP contribution in [0.15, 0.2) is 29.2 Å². The van der Waals surface area contributed by atoms with Gasteiger partial charge in [0.15, 0.2) is 9.84 Å². The summed E-state index contributed by atoms with van der Waals surface area (Å²) in [5.41, 5.74) is 0.302. The molecule has 0 saturated heterocycles. The number of benzene rings is 1. The van der Waals surface area contributed by atoms with E-state index in [4.69, 9.17) is 11.6 Å². The van der Waals surface area contributed by atoms with E-state index in [0.717, 1.165) is 6.42 Å². The molecule has 0 fully saturated rings. The minimum atomic E-state index is -3.22. The summed E-state index contributed by atoms with van der Waals surface area (Å²) in [4.78, 5) is 11.0.